The van der Waals surface area contributed by atoms with Crippen molar-refractivity contribution < 1.29 is 4.74 Å². The van der Waals surface area contributed by atoms with Gasteiger partial charge in [-0.15, -0.1) is 0 Å². The maximum atomic E-state index is 5.44. The van der Waals surface area contributed by atoms with Gasteiger partial charge in [0.1, 0.15) is 5.75 Å². The monoisotopic (exact) mass is 239 g/mol. The number of ether oxygens (including phenoxy) is 1. The normalized spacial score (nSPS) is 17.1. The van der Waals surface area contributed by atoms with Gasteiger partial charge in [0.25, 0.3) is 0 Å². The molecule has 2 heteroatoms. The minimum Gasteiger partial charge on any atom is -0.496 e. The Morgan fingerprint density at radius 3 is 2.83 bits per heavy atom. The molecule has 0 radical (unpaired) electrons. The summed E-state index contributed by atoms with van der Waals surface area (Å²) < 4.78 is 5.44. The lowest BCUT2D eigenvalue weighted by Gasteiger charge is -2.15. The van der Waals surface area contributed by atoms with Crippen LogP contribution in [0.3, 0.4) is 0 Å². The van der Waals surface area contributed by atoms with Crippen molar-refractivity contribution in [1.29, 1.82) is 0 Å². The molecule has 0 fully saturated rings. The molecule has 0 saturated heterocycles. The van der Waals surface area contributed by atoms with E-state index in [9.17, 15) is 0 Å². The zero-order chi connectivity index (χ0) is 12.5. The van der Waals surface area contributed by atoms with Crippen molar-refractivity contribution in [2.45, 2.75) is 19.4 Å². The van der Waals surface area contributed by atoms with Crippen LogP contribution >= 0.6 is 0 Å². The van der Waals surface area contributed by atoms with Gasteiger partial charge in [0.15, 0.2) is 0 Å². The molecule has 0 saturated carbocycles. The lowest BCUT2D eigenvalue weighted by Crippen LogP contribution is -2.07. The number of methoxy groups -OCH3 is 1. The minimum atomic E-state index is 0.318. The van der Waals surface area contributed by atoms with Crippen LogP contribution in [0.15, 0.2) is 42.5 Å². The number of nitrogens with one attached hydrogen (secondary N) is 1. The van der Waals surface area contributed by atoms with E-state index in [0.717, 1.165) is 12.2 Å². The van der Waals surface area contributed by atoms with Gasteiger partial charge in [-0.05, 0) is 36.6 Å². The van der Waals surface area contributed by atoms with Crippen LogP contribution in [0.4, 0.5) is 5.69 Å². The minimum absolute atomic E-state index is 0.318. The van der Waals surface area contributed by atoms with Gasteiger partial charge in [0, 0.05) is 11.3 Å². The number of anilines is 1. The number of rotatable bonds is 2. The summed E-state index contributed by atoms with van der Waals surface area (Å²) in [6, 6.07) is 15.1. The van der Waals surface area contributed by atoms with Crippen LogP contribution in [-0.2, 0) is 6.42 Å². The van der Waals surface area contributed by atoms with Crippen LogP contribution in [0.1, 0.15) is 22.7 Å². The van der Waals surface area contributed by atoms with Gasteiger partial charge < -0.3 is 10.1 Å². The Hall–Kier alpha value is -1.96. The van der Waals surface area contributed by atoms with Crippen LogP contribution in [0.5, 0.6) is 5.75 Å². The number of benzene rings is 2. The van der Waals surface area contributed by atoms with Crippen LogP contribution in [0.2, 0.25) is 0 Å². The first-order chi connectivity index (χ1) is 8.78. The predicted octanol–water partition coefficient (Wildman–Crippen LogP) is 3.71. The highest BCUT2D eigenvalue weighted by Crippen LogP contribution is 2.37. The first-order valence-electron chi connectivity index (χ1n) is 6.27. The van der Waals surface area contributed by atoms with Gasteiger partial charge in [-0.25, -0.2) is 0 Å². The summed E-state index contributed by atoms with van der Waals surface area (Å²) in [6.45, 7) is 2.12. The van der Waals surface area contributed by atoms with Gasteiger partial charge in [-0.3, -0.25) is 0 Å². The molecule has 92 valence electrons. The SMILES string of the molecule is COc1ccccc1C1Cc2ccc(C)cc2N1. The number of hydrogen-bond donors (Lipinski definition) is 1. The first-order valence-corrected chi connectivity index (χ1v) is 6.27. The molecule has 1 heterocycles. The maximum Gasteiger partial charge on any atom is 0.124 e. The summed E-state index contributed by atoms with van der Waals surface area (Å²) in [5, 5.41) is 3.59. The molecule has 1 N–H and O–H groups in total. The smallest absolute Gasteiger partial charge is 0.124 e. The topological polar surface area (TPSA) is 21.3 Å². The third-order valence-corrected chi connectivity index (χ3v) is 3.53. The number of hydrogen-bond acceptors (Lipinski definition) is 2. The summed E-state index contributed by atoms with van der Waals surface area (Å²) in [5.41, 5.74) is 5.16. The number of aryl methyl sites for hydroxylation is 1. The second-order valence-corrected chi connectivity index (χ2v) is 4.80. The molecule has 0 spiro atoms. The van der Waals surface area contributed by atoms with E-state index in [1.807, 2.05) is 12.1 Å². The fourth-order valence-electron chi connectivity index (χ4n) is 2.60. The molecule has 0 aliphatic carbocycles. The molecule has 1 aliphatic rings. The molecule has 2 aromatic rings. The highest BCUT2D eigenvalue weighted by Gasteiger charge is 2.23. The summed E-state index contributed by atoms with van der Waals surface area (Å²) in [4.78, 5) is 0. The fraction of sp³-hybridized carbons (Fsp3) is 0.250. The molecule has 1 aliphatic heterocycles. The Balaban J connectivity index is 1.93. The second kappa shape index (κ2) is 4.37. The molecule has 1 atom stereocenters. The van der Waals surface area contributed by atoms with Crippen LogP contribution in [0.25, 0.3) is 0 Å². The van der Waals surface area contributed by atoms with Crippen LogP contribution in [-0.4, -0.2) is 7.11 Å². The molecule has 2 nitrogen and oxygen atoms in total. The van der Waals surface area contributed by atoms with E-state index >= 15 is 0 Å². The molecule has 2 aromatic carbocycles. The van der Waals surface area contributed by atoms with E-state index < -0.39 is 0 Å². The summed E-state index contributed by atoms with van der Waals surface area (Å²) >= 11 is 0. The maximum absolute atomic E-state index is 5.44. The molecule has 18 heavy (non-hydrogen) atoms. The zero-order valence-corrected chi connectivity index (χ0v) is 10.7. The van der Waals surface area contributed by atoms with Gasteiger partial charge in [0.05, 0.1) is 13.2 Å². The van der Waals surface area contributed by atoms with Gasteiger partial charge in [-0.1, -0.05) is 30.3 Å². The Morgan fingerprint density at radius 2 is 2.00 bits per heavy atom. The highest BCUT2D eigenvalue weighted by atomic mass is 16.5. The first kappa shape index (κ1) is 11.1. The molecule has 0 aromatic heterocycles. The van der Waals surface area contributed by atoms with Crippen molar-refractivity contribution in [1.82, 2.24) is 0 Å². The number of fused-ring (bicyclic) bond motifs is 1. The van der Waals surface area contributed by atoms with Crippen molar-refractivity contribution in [3.8, 4) is 5.75 Å². The van der Waals surface area contributed by atoms with Gasteiger partial charge in [-0.2, -0.15) is 0 Å². The van der Waals surface area contributed by atoms with E-state index in [4.69, 9.17) is 4.74 Å². The van der Waals surface area contributed by atoms with Gasteiger partial charge >= 0.3 is 0 Å². The van der Waals surface area contributed by atoms with E-state index in [2.05, 4.69) is 42.6 Å². The average Bonchev–Trinajstić information content (AvgIpc) is 2.81. The largest absolute Gasteiger partial charge is 0.496 e. The Bertz CT molecular complexity index is 577. The fourth-order valence-corrected chi connectivity index (χ4v) is 2.60. The van der Waals surface area contributed by atoms with Crippen molar-refractivity contribution >= 4 is 5.69 Å². The molecule has 1 unspecified atom stereocenters. The molecular formula is C16H17NO. The average molecular weight is 239 g/mol. The van der Waals surface area contributed by atoms with Crippen LogP contribution < -0.4 is 10.1 Å². The molecule has 0 bridgehead atoms. The predicted molar refractivity (Wildman–Crippen MR) is 74.2 cm³/mol. The third-order valence-electron chi connectivity index (χ3n) is 3.53. The van der Waals surface area contributed by atoms with Crippen molar-refractivity contribution in [3.05, 3.63) is 59.2 Å². The van der Waals surface area contributed by atoms with Crippen molar-refractivity contribution in [2.24, 2.45) is 0 Å². The second-order valence-electron chi connectivity index (χ2n) is 4.80. The summed E-state index contributed by atoms with van der Waals surface area (Å²) in [6.07, 6.45) is 1.02. The Kier molecular flexibility index (Phi) is 2.71. The quantitative estimate of drug-likeness (QED) is 0.862. The Morgan fingerprint density at radius 1 is 1.17 bits per heavy atom. The Labute approximate surface area is 108 Å². The molecular weight excluding hydrogens is 222 g/mol. The van der Waals surface area contributed by atoms with Crippen molar-refractivity contribution in [3.63, 3.8) is 0 Å². The highest BCUT2D eigenvalue weighted by molar-refractivity contribution is 5.60. The van der Waals surface area contributed by atoms with E-state index in [1.54, 1.807) is 7.11 Å². The standard InChI is InChI=1S/C16H17NO/c1-11-7-8-12-10-15(17-14(12)9-11)13-5-3-4-6-16(13)18-2/h3-9,15,17H,10H2,1-2H3. The molecule has 0 amide bonds. The zero-order valence-electron chi connectivity index (χ0n) is 10.7. The van der Waals surface area contributed by atoms with E-state index in [0.29, 0.717) is 6.04 Å². The summed E-state index contributed by atoms with van der Waals surface area (Å²) in [5.74, 6) is 0.958. The third kappa shape index (κ3) is 1.84. The van der Waals surface area contributed by atoms with Crippen LogP contribution in [0, 0.1) is 6.92 Å². The molecule has 3 rings (SSSR count). The lowest BCUT2D eigenvalue weighted by atomic mass is 10.0. The van der Waals surface area contributed by atoms with E-state index in [-0.39, 0.29) is 0 Å². The van der Waals surface area contributed by atoms with Crippen molar-refractivity contribution in [2.75, 3.05) is 12.4 Å². The number of para-hydroxylation sites is 1. The van der Waals surface area contributed by atoms with E-state index in [1.165, 1.54) is 22.4 Å². The lowest BCUT2D eigenvalue weighted by molar-refractivity contribution is 0.407. The van der Waals surface area contributed by atoms with Gasteiger partial charge in [0.2, 0.25) is 0 Å². The summed E-state index contributed by atoms with van der Waals surface area (Å²) in [7, 11) is 1.73.